The largest absolute Gasteiger partial charge is 0.316 e. The standard InChI is InChI=1S/C6H12FN.ClH/c1-5-4-8-3-2-6(5)7;/h5-6,8H,2-4H2,1H3;1H/t5-,6-;/m0./s1. The van der Waals surface area contributed by atoms with Crippen LogP contribution in [0.4, 0.5) is 4.39 Å². The first-order valence-corrected chi connectivity index (χ1v) is 3.15. The molecule has 0 spiro atoms. The van der Waals surface area contributed by atoms with E-state index in [2.05, 4.69) is 5.32 Å². The van der Waals surface area contributed by atoms with Crippen LogP contribution < -0.4 is 5.32 Å². The third kappa shape index (κ3) is 2.50. The summed E-state index contributed by atoms with van der Waals surface area (Å²) in [5.74, 6) is 0.226. The molecule has 1 aliphatic heterocycles. The molecule has 1 fully saturated rings. The van der Waals surface area contributed by atoms with E-state index in [1.165, 1.54) is 0 Å². The fraction of sp³-hybridized carbons (Fsp3) is 1.00. The second-order valence-electron chi connectivity index (χ2n) is 2.49. The highest BCUT2D eigenvalue weighted by molar-refractivity contribution is 5.85. The van der Waals surface area contributed by atoms with Crippen molar-refractivity contribution in [2.75, 3.05) is 13.1 Å². The summed E-state index contributed by atoms with van der Waals surface area (Å²) in [7, 11) is 0. The van der Waals surface area contributed by atoms with Crippen molar-refractivity contribution in [1.29, 1.82) is 0 Å². The van der Waals surface area contributed by atoms with Crippen LogP contribution in [0, 0.1) is 5.92 Å². The Bertz CT molecular complexity index is 69.5. The number of nitrogens with one attached hydrogen (secondary N) is 1. The van der Waals surface area contributed by atoms with Crippen LogP contribution in [-0.4, -0.2) is 19.3 Å². The van der Waals surface area contributed by atoms with Crippen LogP contribution in [0.2, 0.25) is 0 Å². The summed E-state index contributed by atoms with van der Waals surface area (Å²) in [6.45, 7) is 3.64. The number of halogens is 2. The van der Waals surface area contributed by atoms with E-state index in [0.717, 1.165) is 13.1 Å². The number of rotatable bonds is 0. The van der Waals surface area contributed by atoms with Crippen molar-refractivity contribution in [2.24, 2.45) is 5.92 Å². The van der Waals surface area contributed by atoms with Gasteiger partial charge in [0.2, 0.25) is 0 Å². The van der Waals surface area contributed by atoms with Gasteiger partial charge in [0, 0.05) is 6.54 Å². The van der Waals surface area contributed by atoms with E-state index in [0.29, 0.717) is 6.42 Å². The minimum Gasteiger partial charge on any atom is -0.316 e. The first kappa shape index (κ1) is 9.18. The van der Waals surface area contributed by atoms with E-state index in [9.17, 15) is 4.39 Å². The van der Waals surface area contributed by atoms with E-state index < -0.39 is 6.17 Å². The third-order valence-electron chi connectivity index (χ3n) is 1.68. The van der Waals surface area contributed by atoms with Crippen LogP contribution in [0.3, 0.4) is 0 Å². The Morgan fingerprint density at radius 3 is 2.56 bits per heavy atom. The maximum absolute atomic E-state index is 12.5. The van der Waals surface area contributed by atoms with Crippen molar-refractivity contribution in [1.82, 2.24) is 5.32 Å². The van der Waals surface area contributed by atoms with Gasteiger partial charge in [0.25, 0.3) is 0 Å². The summed E-state index contributed by atoms with van der Waals surface area (Å²) in [6.07, 6.45) is 0.137. The molecule has 2 atom stereocenters. The molecule has 0 aromatic carbocycles. The zero-order valence-corrected chi connectivity index (χ0v) is 6.38. The second-order valence-corrected chi connectivity index (χ2v) is 2.49. The van der Waals surface area contributed by atoms with Crippen molar-refractivity contribution in [3.8, 4) is 0 Å². The van der Waals surface area contributed by atoms with Gasteiger partial charge in [0.15, 0.2) is 0 Å². The van der Waals surface area contributed by atoms with Gasteiger partial charge in [-0.2, -0.15) is 0 Å². The molecule has 0 bridgehead atoms. The molecule has 0 unspecified atom stereocenters. The molecule has 1 N–H and O–H groups in total. The van der Waals surface area contributed by atoms with Crippen molar-refractivity contribution < 1.29 is 4.39 Å². The van der Waals surface area contributed by atoms with Crippen molar-refractivity contribution in [3.63, 3.8) is 0 Å². The number of alkyl halides is 1. The Balaban J connectivity index is 0.000000640. The zero-order valence-electron chi connectivity index (χ0n) is 5.56. The Labute approximate surface area is 61.4 Å². The lowest BCUT2D eigenvalue weighted by molar-refractivity contribution is 0.192. The monoisotopic (exact) mass is 153 g/mol. The summed E-state index contributed by atoms with van der Waals surface area (Å²) < 4.78 is 12.5. The molecule has 1 nitrogen and oxygen atoms in total. The van der Waals surface area contributed by atoms with Gasteiger partial charge in [-0.25, -0.2) is 4.39 Å². The first-order valence-electron chi connectivity index (χ1n) is 3.15. The van der Waals surface area contributed by atoms with Gasteiger partial charge < -0.3 is 5.32 Å². The van der Waals surface area contributed by atoms with Crippen LogP contribution in [0.25, 0.3) is 0 Å². The second kappa shape index (κ2) is 4.07. The minimum absolute atomic E-state index is 0. The molecule has 1 aliphatic rings. The van der Waals surface area contributed by atoms with E-state index in [4.69, 9.17) is 0 Å². The van der Waals surface area contributed by atoms with E-state index in [-0.39, 0.29) is 18.3 Å². The molecule has 56 valence electrons. The average molecular weight is 154 g/mol. The van der Waals surface area contributed by atoms with Gasteiger partial charge in [-0.3, -0.25) is 0 Å². The maximum atomic E-state index is 12.5. The molecular formula is C6H13ClFN. The number of piperidine rings is 1. The molecule has 0 aliphatic carbocycles. The summed E-state index contributed by atoms with van der Waals surface area (Å²) in [5.41, 5.74) is 0. The van der Waals surface area contributed by atoms with Crippen LogP contribution in [0.5, 0.6) is 0 Å². The van der Waals surface area contributed by atoms with Gasteiger partial charge in [-0.05, 0) is 18.9 Å². The van der Waals surface area contributed by atoms with Gasteiger partial charge in [0.05, 0.1) is 0 Å². The molecule has 0 aromatic rings. The number of hydrogen-bond donors (Lipinski definition) is 1. The molecule has 0 amide bonds. The number of hydrogen-bond acceptors (Lipinski definition) is 1. The molecule has 0 aromatic heterocycles. The van der Waals surface area contributed by atoms with Crippen molar-refractivity contribution >= 4 is 12.4 Å². The maximum Gasteiger partial charge on any atom is 0.105 e. The highest BCUT2D eigenvalue weighted by Gasteiger charge is 2.18. The Hall–Kier alpha value is 0.180. The van der Waals surface area contributed by atoms with E-state index in [1.807, 2.05) is 6.92 Å². The van der Waals surface area contributed by atoms with Crippen molar-refractivity contribution in [2.45, 2.75) is 19.5 Å². The molecule has 1 heterocycles. The predicted octanol–water partition coefficient (Wildman–Crippen LogP) is 1.38. The van der Waals surface area contributed by atoms with Gasteiger partial charge in [-0.1, -0.05) is 6.92 Å². The van der Waals surface area contributed by atoms with Crippen LogP contribution >= 0.6 is 12.4 Å². The van der Waals surface area contributed by atoms with E-state index in [1.54, 1.807) is 0 Å². The topological polar surface area (TPSA) is 12.0 Å². The fourth-order valence-corrected chi connectivity index (χ4v) is 0.982. The quantitative estimate of drug-likeness (QED) is 0.555. The lowest BCUT2D eigenvalue weighted by atomic mass is 10.0. The lowest BCUT2D eigenvalue weighted by Gasteiger charge is -2.22. The molecule has 9 heavy (non-hydrogen) atoms. The van der Waals surface area contributed by atoms with Crippen LogP contribution in [0.1, 0.15) is 13.3 Å². The predicted molar refractivity (Wildman–Crippen MR) is 38.8 cm³/mol. The lowest BCUT2D eigenvalue weighted by Crippen LogP contribution is -2.35. The Kier molecular flexibility index (Phi) is 4.15. The van der Waals surface area contributed by atoms with Gasteiger partial charge in [-0.15, -0.1) is 12.4 Å². The first-order chi connectivity index (χ1) is 3.80. The summed E-state index contributed by atoms with van der Waals surface area (Å²) in [6, 6.07) is 0. The molecule has 1 saturated heterocycles. The fourth-order valence-electron chi connectivity index (χ4n) is 0.982. The minimum atomic E-state index is -0.559. The normalized spacial score (nSPS) is 35.3. The Morgan fingerprint density at radius 2 is 2.22 bits per heavy atom. The highest BCUT2D eigenvalue weighted by Crippen LogP contribution is 2.12. The zero-order chi connectivity index (χ0) is 5.98. The average Bonchev–Trinajstić information content (AvgIpc) is 1.77. The molecule has 1 rings (SSSR count). The van der Waals surface area contributed by atoms with Crippen LogP contribution in [0.15, 0.2) is 0 Å². The summed E-state index contributed by atoms with van der Waals surface area (Å²) in [4.78, 5) is 0. The molecular weight excluding hydrogens is 141 g/mol. The molecule has 3 heteroatoms. The van der Waals surface area contributed by atoms with Crippen LogP contribution in [-0.2, 0) is 0 Å². The van der Waals surface area contributed by atoms with Gasteiger partial charge >= 0.3 is 0 Å². The Morgan fingerprint density at radius 1 is 1.56 bits per heavy atom. The van der Waals surface area contributed by atoms with Crippen molar-refractivity contribution in [3.05, 3.63) is 0 Å². The summed E-state index contributed by atoms with van der Waals surface area (Å²) >= 11 is 0. The highest BCUT2D eigenvalue weighted by atomic mass is 35.5. The third-order valence-corrected chi connectivity index (χ3v) is 1.68. The molecule has 0 saturated carbocycles. The van der Waals surface area contributed by atoms with Gasteiger partial charge in [0.1, 0.15) is 6.17 Å². The smallest absolute Gasteiger partial charge is 0.105 e. The molecule has 0 radical (unpaired) electrons. The van der Waals surface area contributed by atoms with E-state index >= 15 is 0 Å². The SMILES string of the molecule is C[C@H]1CNCC[C@@H]1F.Cl. The summed E-state index contributed by atoms with van der Waals surface area (Å²) in [5, 5.41) is 3.12.